The van der Waals surface area contributed by atoms with E-state index in [-0.39, 0.29) is 11.8 Å². The summed E-state index contributed by atoms with van der Waals surface area (Å²) in [6.45, 7) is 2.40. The van der Waals surface area contributed by atoms with Gasteiger partial charge in [-0.15, -0.1) is 0 Å². The Morgan fingerprint density at radius 3 is 2.83 bits per heavy atom. The maximum atomic E-state index is 11.7. The predicted molar refractivity (Wildman–Crippen MR) is 71.2 cm³/mol. The molecule has 4 nitrogen and oxygen atoms in total. The van der Waals surface area contributed by atoms with Gasteiger partial charge < -0.3 is 16.0 Å². The van der Waals surface area contributed by atoms with Crippen LogP contribution in [-0.2, 0) is 11.3 Å². The SMILES string of the molecule is NCc1ccc(N2CCCC3C(=O)NCC32)cc1. The van der Waals surface area contributed by atoms with E-state index in [1.807, 2.05) is 0 Å². The zero-order chi connectivity index (χ0) is 12.5. The van der Waals surface area contributed by atoms with Crippen molar-refractivity contribution in [2.45, 2.75) is 25.4 Å². The number of nitrogens with zero attached hydrogens (tertiary/aromatic N) is 1. The number of nitrogens with one attached hydrogen (secondary N) is 1. The molecular weight excluding hydrogens is 226 g/mol. The van der Waals surface area contributed by atoms with Gasteiger partial charge in [0.2, 0.25) is 5.91 Å². The molecular formula is C14H19N3O. The molecule has 2 aliphatic rings. The van der Waals surface area contributed by atoms with Gasteiger partial charge in [-0.05, 0) is 30.5 Å². The minimum atomic E-state index is 0.174. The lowest BCUT2D eigenvalue weighted by molar-refractivity contribution is -0.122. The highest BCUT2D eigenvalue weighted by molar-refractivity contribution is 5.83. The molecule has 1 aromatic carbocycles. The normalized spacial score (nSPS) is 26.9. The lowest BCUT2D eigenvalue weighted by atomic mass is 9.91. The smallest absolute Gasteiger partial charge is 0.225 e. The van der Waals surface area contributed by atoms with Gasteiger partial charge in [-0.3, -0.25) is 4.79 Å². The van der Waals surface area contributed by atoms with Crippen molar-refractivity contribution < 1.29 is 4.79 Å². The summed E-state index contributed by atoms with van der Waals surface area (Å²) in [7, 11) is 0. The van der Waals surface area contributed by atoms with Crippen LogP contribution in [0.25, 0.3) is 0 Å². The molecule has 0 aliphatic carbocycles. The number of amides is 1. The summed E-state index contributed by atoms with van der Waals surface area (Å²) in [4.78, 5) is 14.1. The van der Waals surface area contributed by atoms with Gasteiger partial charge >= 0.3 is 0 Å². The fourth-order valence-corrected chi connectivity index (χ4v) is 3.10. The number of nitrogens with two attached hydrogens (primary N) is 1. The first-order valence-electron chi connectivity index (χ1n) is 6.63. The lowest BCUT2D eigenvalue weighted by Crippen LogP contribution is -2.45. The molecule has 2 atom stereocenters. The number of hydrogen-bond donors (Lipinski definition) is 2. The van der Waals surface area contributed by atoms with Crippen LogP contribution in [0.2, 0.25) is 0 Å². The van der Waals surface area contributed by atoms with Gasteiger partial charge in [-0.2, -0.15) is 0 Å². The van der Waals surface area contributed by atoms with E-state index in [9.17, 15) is 4.79 Å². The van der Waals surface area contributed by atoms with E-state index in [4.69, 9.17) is 5.73 Å². The van der Waals surface area contributed by atoms with Crippen LogP contribution < -0.4 is 16.0 Å². The summed E-state index contributed by atoms with van der Waals surface area (Å²) in [5.74, 6) is 0.399. The van der Waals surface area contributed by atoms with Gasteiger partial charge in [-0.25, -0.2) is 0 Å². The Bertz CT molecular complexity index is 443. The Labute approximate surface area is 107 Å². The van der Waals surface area contributed by atoms with Crippen molar-refractivity contribution in [3.63, 3.8) is 0 Å². The van der Waals surface area contributed by atoms with Crippen LogP contribution >= 0.6 is 0 Å². The summed E-state index contributed by atoms with van der Waals surface area (Å²) >= 11 is 0. The molecule has 18 heavy (non-hydrogen) atoms. The van der Waals surface area contributed by atoms with Crippen molar-refractivity contribution >= 4 is 11.6 Å². The third kappa shape index (κ3) is 1.86. The van der Waals surface area contributed by atoms with Gasteiger partial charge in [0.15, 0.2) is 0 Å². The van der Waals surface area contributed by atoms with Crippen LogP contribution in [0.15, 0.2) is 24.3 Å². The van der Waals surface area contributed by atoms with Crippen molar-refractivity contribution in [1.82, 2.24) is 5.32 Å². The van der Waals surface area contributed by atoms with Crippen molar-refractivity contribution in [2.75, 3.05) is 18.0 Å². The summed E-state index contributed by atoms with van der Waals surface area (Å²) in [5.41, 5.74) is 7.97. The molecule has 0 radical (unpaired) electrons. The minimum absolute atomic E-state index is 0.174. The number of fused-ring (bicyclic) bond motifs is 1. The first-order chi connectivity index (χ1) is 8.79. The number of hydrogen-bond acceptors (Lipinski definition) is 3. The molecule has 2 fully saturated rings. The average molecular weight is 245 g/mol. The highest BCUT2D eigenvalue weighted by Gasteiger charge is 2.40. The zero-order valence-electron chi connectivity index (χ0n) is 10.4. The molecule has 2 aliphatic heterocycles. The maximum absolute atomic E-state index is 11.7. The van der Waals surface area contributed by atoms with Gasteiger partial charge in [-0.1, -0.05) is 12.1 Å². The van der Waals surface area contributed by atoms with E-state index >= 15 is 0 Å². The summed E-state index contributed by atoms with van der Waals surface area (Å²) < 4.78 is 0. The summed E-state index contributed by atoms with van der Waals surface area (Å²) in [6.07, 6.45) is 2.11. The highest BCUT2D eigenvalue weighted by atomic mass is 16.2. The van der Waals surface area contributed by atoms with E-state index < -0.39 is 0 Å². The molecule has 0 spiro atoms. The highest BCUT2D eigenvalue weighted by Crippen LogP contribution is 2.31. The Kier molecular flexibility index (Phi) is 2.96. The second kappa shape index (κ2) is 4.61. The van der Waals surface area contributed by atoms with Gasteiger partial charge in [0, 0.05) is 25.3 Å². The molecule has 1 amide bonds. The third-order valence-electron chi connectivity index (χ3n) is 4.10. The van der Waals surface area contributed by atoms with Crippen molar-refractivity contribution in [1.29, 1.82) is 0 Å². The molecule has 0 bridgehead atoms. The second-order valence-electron chi connectivity index (χ2n) is 5.13. The van der Waals surface area contributed by atoms with Crippen LogP contribution in [0, 0.1) is 5.92 Å². The van der Waals surface area contributed by atoms with E-state index in [1.54, 1.807) is 0 Å². The monoisotopic (exact) mass is 245 g/mol. The Hall–Kier alpha value is -1.55. The van der Waals surface area contributed by atoms with E-state index in [2.05, 4.69) is 34.5 Å². The molecule has 3 N–H and O–H groups in total. The van der Waals surface area contributed by atoms with Crippen LogP contribution in [0.5, 0.6) is 0 Å². The second-order valence-corrected chi connectivity index (χ2v) is 5.13. The topological polar surface area (TPSA) is 58.4 Å². The largest absolute Gasteiger partial charge is 0.366 e. The van der Waals surface area contributed by atoms with E-state index in [0.717, 1.165) is 31.5 Å². The molecule has 1 aromatic rings. The maximum Gasteiger partial charge on any atom is 0.225 e. The molecule has 0 saturated carbocycles. The quantitative estimate of drug-likeness (QED) is 0.812. The lowest BCUT2D eigenvalue weighted by Gasteiger charge is -2.37. The molecule has 2 saturated heterocycles. The van der Waals surface area contributed by atoms with Gasteiger partial charge in [0.1, 0.15) is 0 Å². The van der Waals surface area contributed by atoms with Gasteiger partial charge in [0.05, 0.1) is 12.0 Å². The molecule has 2 heterocycles. The Morgan fingerprint density at radius 1 is 1.33 bits per heavy atom. The van der Waals surface area contributed by atoms with Crippen LogP contribution in [-0.4, -0.2) is 25.0 Å². The number of carbonyl (C=O) groups is 1. The number of benzene rings is 1. The number of piperidine rings is 1. The van der Waals surface area contributed by atoms with Crippen molar-refractivity contribution in [3.05, 3.63) is 29.8 Å². The molecule has 96 valence electrons. The Balaban J connectivity index is 1.84. The van der Waals surface area contributed by atoms with Crippen molar-refractivity contribution in [2.24, 2.45) is 11.7 Å². The third-order valence-corrected chi connectivity index (χ3v) is 4.10. The van der Waals surface area contributed by atoms with Crippen LogP contribution in [0.4, 0.5) is 5.69 Å². The molecule has 2 unspecified atom stereocenters. The first-order valence-corrected chi connectivity index (χ1v) is 6.63. The number of rotatable bonds is 2. The predicted octanol–water partition coefficient (Wildman–Crippen LogP) is 0.860. The van der Waals surface area contributed by atoms with Crippen LogP contribution in [0.1, 0.15) is 18.4 Å². The van der Waals surface area contributed by atoms with E-state index in [0.29, 0.717) is 12.6 Å². The molecule has 3 rings (SSSR count). The fourth-order valence-electron chi connectivity index (χ4n) is 3.10. The molecule has 0 aromatic heterocycles. The van der Waals surface area contributed by atoms with Crippen molar-refractivity contribution in [3.8, 4) is 0 Å². The number of carbonyl (C=O) groups excluding carboxylic acids is 1. The zero-order valence-corrected chi connectivity index (χ0v) is 10.4. The number of anilines is 1. The minimum Gasteiger partial charge on any atom is -0.366 e. The average Bonchev–Trinajstić information content (AvgIpc) is 2.81. The summed E-state index contributed by atoms with van der Waals surface area (Å²) in [5, 5.41) is 2.98. The van der Waals surface area contributed by atoms with Gasteiger partial charge in [0.25, 0.3) is 0 Å². The standard InChI is InChI=1S/C14H19N3O/c15-8-10-3-5-11(6-4-10)17-7-1-2-12-13(17)9-16-14(12)18/h3-6,12-13H,1-2,7-9,15H2,(H,16,18). The Morgan fingerprint density at radius 2 is 2.11 bits per heavy atom. The summed E-state index contributed by atoms with van der Waals surface area (Å²) in [6, 6.07) is 8.71. The first kappa shape index (κ1) is 11.5. The molecule has 4 heteroatoms. The van der Waals surface area contributed by atoms with Crippen LogP contribution in [0.3, 0.4) is 0 Å². The van der Waals surface area contributed by atoms with E-state index in [1.165, 1.54) is 5.69 Å². The fraction of sp³-hybridized carbons (Fsp3) is 0.500.